The molecule has 1 N–H and O–H groups in total. The first-order valence-electron chi connectivity index (χ1n) is 6.30. The minimum absolute atomic E-state index is 0.381. The lowest BCUT2D eigenvalue weighted by Crippen LogP contribution is -2.31. The number of anilines is 1. The van der Waals surface area contributed by atoms with Gasteiger partial charge in [-0.05, 0) is 30.2 Å². The number of halogens is 3. The minimum atomic E-state index is -4.18. The van der Waals surface area contributed by atoms with E-state index in [1.807, 2.05) is 13.0 Å². The van der Waals surface area contributed by atoms with E-state index in [1.165, 1.54) is 11.9 Å². The van der Waals surface area contributed by atoms with Crippen LogP contribution in [0.1, 0.15) is 25.0 Å². The number of aryl methyl sites for hydroxylation is 1. The Balaban J connectivity index is 2.76. The Labute approximate surface area is 112 Å². The largest absolute Gasteiger partial charge is 0.405 e. The molecule has 1 aromatic rings. The molecule has 1 aromatic carbocycles. The van der Waals surface area contributed by atoms with Crippen molar-refractivity contribution >= 4 is 5.69 Å². The van der Waals surface area contributed by atoms with Crippen molar-refractivity contribution in [2.45, 2.75) is 39.5 Å². The lowest BCUT2D eigenvalue weighted by Gasteiger charge is -2.22. The zero-order valence-electron chi connectivity index (χ0n) is 11.8. The summed E-state index contributed by atoms with van der Waals surface area (Å²) in [6, 6.07) is 5.79. The number of nitrogens with one attached hydrogen (secondary N) is 1. The molecule has 1 rings (SSSR count). The van der Waals surface area contributed by atoms with Crippen LogP contribution in [0.15, 0.2) is 18.2 Å². The molecule has 0 atom stereocenters. The van der Waals surface area contributed by atoms with Crippen molar-refractivity contribution in [1.82, 2.24) is 5.32 Å². The van der Waals surface area contributed by atoms with Gasteiger partial charge in [-0.1, -0.05) is 19.9 Å². The fourth-order valence-electron chi connectivity index (χ4n) is 1.79. The van der Waals surface area contributed by atoms with Crippen LogP contribution in [0.4, 0.5) is 18.9 Å². The molecule has 0 amide bonds. The van der Waals surface area contributed by atoms with E-state index >= 15 is 0 Å². The van der Waals surface area contributed by atoms with Crippen LogP contribution in [0.25, 0.3) is 0 Å². The van der Waals surface area contributed by atoms with E-state index in [0.717, 1.165) is 17.7 Å². The van der Waals surface area contributed by atoms with Gasteiger partial charge in [-0.15, -0.1) is 0 Å². The van der Waals surface area contributed by atoms with Gasteiger partial charge in [-0.3, -0.25) is 0 Å². The van der Waals surface area contributed by atoms with Crippen molar-refractivity contribution in [2.75, 3.05) is 18.5 Å². The number of nitrogens with zero attached hydrogens (tertiary/aromatic N) is 1. The average Bonchev–Trinajstić information content (AvgIpc) is 2.24. The summed E-state index contributed by atoms with van der Waals surface area (Å²) in [4.78, 5) is 1.21. The molecule has 0 radical (unpaired) electrons. The highest BCUT2D eigenvalue weighted by Gasteiger charge is 2.29. The lowest BCUT2D eigenvalue weighted by molar-refractivity contribution is -0.119. The Bertz CT molecular complexity index is 414. The summed E-state index contributed by atoms with van der Waals surface area (Å²) in [6.45, 7) is 5.83. The topological polar surface area (TPSA) is 15.3 Å². The molecule has 0 spiro atoms. The predicted molar refractivity (Wildman–Crippen MR) is 72.5 cm³/mol. The summed E-state index contributed by atoms with van der Waals surface area (Å²) in [5, 5.41) is 3.30. The van der Waals surface area contributed by atoms with Gasteiger partial charge in [0.1, 0.15) is 6.54 Å². The summed E-state index contributed by atoms with van der Waals surface area (Å²) < 4.78 is 37.0. The number of benzene rings is 1. The molecule has 108 valence electrons. The molecular weight excluding hydrogens is 253 g/mol. The average molecular weight is 274 g/mol. The summed E-state index contributed by atoms with van der Waals surface area (Å²) >= 11 is 0. The van der Waals surface area contributed by atoms with E-state index in [4.69, 9.17) is 0 Å². The minimum Gasteiger partial charge on any atom is -0.366 e. The van der Waals surface area contributed by atoms with Gasteiger partial charge in [0.25, 0.3) is 0 Å². The van der Waals surface area contributed by atoms with Crippen molar-refractivity contribution in [3.8, 4) is 0 Å². The van der Waals surface area contributed by atoms with Gasteiger partial charge in [-0.2, -0.15) is 13.2 Å². The second kappa shape index (κ2) is 6.28. The molecular formula is C14H21F3N2. The van der Waals surface area contributed by atoms with Crippen LogP contribution >= 0.6 is 0 Å². The van der Waals surface area contributed by atoms with E-state index in [9.17, 15) is 13.2 Å². The summed E-state index contributed by atoms with van der Waals surface area (Å²) in [7, 11) is 1.45. The van der Waals surface area contributed by atoms with Crippen molar-refractivity contribution in [3.05, 3.63) is 29.3 Å². The highest BCUT2D eigenvalue weighted by Crippen LogP contribution is 2.23. The number of hydrogen-bond donors (Lipinski definition) is 1. The molecule has 2 nitrogen and oxygen atoms in total. The van der Waals surface area contributed by atoms with Gasteiger partial charge in [0.05, 0.1) is 0 Å². The molecule has 0 saturated heterocycles. The van der Waals surface area contributed by atoms with E-state index in [2.05, 4.69) is 19.2 Å². The van der Waals surface area contributed by atoms with E-state index in [-0.39, 0.29) is 0 Å². The fraction of sp³-hybridized carbons (Fsp3) is 0.571. The molecule has 0 unspecified atom stereocenters. The monoisotopic (exact) mass is 274 g/mol. The van der Waals surface area contributed by atoms with Gasteiger partial charge in [0, 0.05) is 25.3 Å². The van der Waals surface area contributed by atoms with Gasteiger partial charge in [0.15, 0.2) is 0 Å². The van der Waals surface area contributed by atoms with Crippen LogP contribution in [0.3, 0.4) is 0 Å². The Kier molecular flexibility index (Phi) is 5.23. The maximum absolute atomic E-state index is 12.3. The normalized spacial score (nSPS) is 12.0. The third-order valence-electron chi connectivity index (χ3n) is 2.88. The smallest absolute Gasteiger partial charge is 0.366 e. The first-order valence-corrected chi connectivity index (χ1v) is 6.30. The Morgan fingerprint density at radius 1 is 1.26 bits per heavy atom. The molecule has 0 aliphatic heterocycles. The van der Waals surface area contributed by atoms with Crippen molar-refractivity contribution < 1.29 is 13.2 Å². The van der Waals surface area contributed by atoms with Gasteiger partial charge in [0.2, 0.25) is 0 Å². The van der Waals surface area contributed by atoms with Crippen LogP contribution < -0.4 is 10.2 Å². The Morgan fingerprint density at radius 2 is 1.89 bits per heavy atom. The first-order chi connectivity index (χ1) is 8.69. The fourth-order valence-corrected chi connectivity index (χ4v) is 1.79. The summed E-state index contributed by atoms with van der Waals surface area (Å²) in [5.74, 6) is 0. The predicted octanol–water partition coefficient (Wildman–Crippen LogP) is 3.49. The van der Waals surface area contributed by atoms with Crippen molar-refractivity contribution in [3.63, 3.8) is 0 Å². The molecule has 0 aromatic heterocycles. The summed E-state index contributed by atoms with van der Waals surface area (Å²) in [5.41, 5.74) is 2.70. The quantitative estimate of drug-likeness (QED) is 0.884. The van der Waals surface area contributed by atoms with E-state index in [0.29, 0.717) is 11.7 Å². The Morgan fingerprint density at radius 3 is 2.37 bits per heavy atom. The lowest BCUT2D eigenvalue weighted by atomic mass is 10.1. The van der Waals surface area contributed by atoms with Gasteiger partial charge < -0.3 is 10.2 Å². The van der Waals surface area contributed by atoms with Crippen LogP contribution in [0.5, 0.6) is 0 Å². The molecule has 0 saturated carbocycles. The highest BCUT2D eigenvalue weighted by atomic mass is 19.4. The van der Waals surface area contributed by atoms with Crippen LogP contribution in [-0.2, 0) is 6.54 Å². The SMILES string of the molecule is Cc1cc(N(C)CC(F)(F)F)ccc1CNC(C)C. The highest BCUT2D eigenvalue weighted by molar-refractivity contribution is 5.50. The molecule has 5 heteroatoms. The van der Waals surface area contributed by atoms with Crippen LogP contribution in [0.2, 0.25) is 0 Å². The molecule has 0 aliphatic carbocycles. The molecule has 19 heavy (non-hydrogen) atoms. The maximum Gasteiger partial charge on any atom is 0.405 e. The third kappa shape index (κ3) is 5.51. The third-order valence-corrected chi connectivity index (χ3v) is 2.88. The van der Waals surface area contributed by atoms with Crippen molar-refractivity contribution in [2.24, 2.45) is 0 Å². The second-order valence-electron chi connectivity index (χ2n) is 5.12. The molecule has 0 bridgehead atoms. The zero-order valence-corrected chi connectivity index (χ0v) is 11.8. The standard InChI is InChI=1S/C14H21F3N2/c1-10(2)18-8-12-5-6-13(7-11(12)3)19(4)9-14(15,16)17/h5-7,10,18H,8-9H2,1-4H3. The summed E-state index contributed by atoms with van der Waals surface area (Å²) in [6.07, 6.45) is -4.18. The number of alkyl halides is 3. The molecule has 0 aliphatic rings. The second-order valence-corrected chi connectivity index (χ2v) is 5.12. The van der Waals surface area contributed by atoms with Gasteiger partial charge in [-0.25, -0.2) is 0 Å². The number of hydrogen-bond acceptors (Lipinski definition) is 2. The maximum atomic E-state index is 12.3. The van der Waals surface area contributed by atoms with E-state index < -0.39 is 12.7 Å². The van der Waals surface area contributed by atoms with Crippen molar-refractivity contribution in [1.29, 1.82) is 0 Å². The molecule has 0 fully saturated rings. The number of rotatable bonds is 5. The van der Waals surface area contributed by atoms with Crippen LogP contribution in [0, 0.1) is 6.92 Å². The van der Waals surface area contributed by atoms with Gasteiger partial charge >= 0.3 is 6.18 Å². The van der Waals surface area contributed by atoms with E-state index in [1.54, 1.807) is 12.1 Å². The molecule has 0 heterocycles. The Hall–Kier alpha value is -1.23. The zero-order chi connectivity index (χ0) is 14.6. The first kappa shape index (κ1) is 15.8. The van der Waals surface area contributed by atoms with Crippen LogP contribution in [-0.4, -0.2) is 25.8 Å².